The number of aryl methyl sites for hydroxylation is 1. The number of piperazine rings is 1. The topological polar surface area (TPSA) is 36.4 Å². The van der Waals surface area contributed by atoms with Gasteiger partial charge < -0.3 is 9.80 Å². The Labute approximate surface area is 154 Å². The van der Waals surface area contributed by atoms with E-state index in [1.165, 1.54) is 5.56 Å². The molecule has 1 aromatic heterocycles. The number of nitrogens with zero attached hydrogens (tertiary/aromatic N) is 3. The van der Waals surface area contributed by atoms with Crippen LogP contribution in [0.25, 0.3) is 10.9 Å². The zero-order valence-corrected chi connectivity index (χ0v) is 15.2. The first-order valence-electron chi connectivity index (χ1n) is 9.04. The Morgan fingerprint density at radius 2 is 1.77 bits per heavy atom. The smallest absolute Gasteiger partial charge is 0.255 e. The van der Waals surface area contributed by atoms with E-state index in [2.05, 4.69) is 29.1 Å². The van der Waals surface area contributed by atoms with E-state index in [-0.39, 0.29) is 11.9 Å². The van der Waals surface area contributed by atoms with E-state index >= 15 is 0 Å². The molecule has 1 atom stereocenters. The highest BCUT2D eigenvalue weighted by molar-refractivity contribution is 6.06. The van der Waals surface area contributed by atoms with Gasteiger partial charge in [0.05, 0.1) is 17.1 Å². The van der Waals surface area contributed by atoms with Crippen molar-refractivity contribution in [3.63, 3.8) is 0 Å². The number of carbonyl (C=O) groups excluding carboxylic acids is 1. The monoisotopic (exact) mass is 345 g/mol. The largest absolute Gasteiger partial charge is 0.329 e. The molecular weight excluding hydrogens is 322 g/mol. The summed E-state index contributed by atoms with van der Waals surface area (Å²) in [5, 5.41) is 0.925. The zero-order valence-electron chi connectivity index (χ0n) is 15.2. The molecule has 2 heterocycles. The van der Waals surface area contributed by atoms with Crippen LogP contribution in [-0.2, 0) is 0 Å². The molecule has 1 amide bonds. The lowest BCUT2D eigenvalue weighted by molar-refractivity contribution is 0.0500. The van der Waals surface area contributed by atoms with Gasteiger partial charge in [-0.05, 0) is 31.7 Å². The molecule has 0 bridgehead atoms. The highest BCUT2D eigenvalue weighted by Gasteiger charge is 2.31. The van der Waals surface area contributed by atoms with E-state index in [0.29, 0.717) is 0 Å². The first-order valence-corrected chi connectivity index (χ1v) is 9.04. The SMILES string of the molecule is Cc1cc(C(=O)N2CCN(C)CC2c2ccccc2)c2ccccc2n1. The van der Waals surface area contributed by atoms with Crippen molar-refractivity contribution in [3.8, 4) is 0 Å². The standard InChI is InChI=1S/C22H23N3O/c1-16-14-19(18-10-6-7-11-20(18)23-16)22(26)25-13-12-24(2)15-21(25)17-8-4-3-5-9-17/h3-11,14,21H,12-13,15H2,1-2H3. The van der Waals surface area contributed by atoms with E-state index in [1.807, 2.05) is 60.4 Å². The Bertz CT molecular complexity index is 939. The van der Waals surface area contributed by atoms with Gasteiger partial charge in [-0.15, -0.1) is 0 Å². The molecule has 132 valence electrons. The summed E-state index contributed by atoms with van der Waals surface area (Å²) >= 11 is 0. The number of carbonyl (C=O) groups is 1. The minimum Gasteiger partial charge on any atom is -0.329 e. The van der Waals surface area contributed by atoms with Crippen LogP contribution in [-0.4, -0.2) is 47.4 Å². The van der Waals surface area contributed by atoms with Crippen molar-refractivity contribution in [1.29, 1.82) is 0 Å². The number of fused-ring (bicyclic) bond motifs is 1. The third kappa shape index (κ3) is 3.08. The maximum Gasteiger partial charge on any atom is 0.255 e. The van der Waals surface area contributed by atoms with Gasteiger partial charge in [-0.1, -0.05) is 48.5 Å². The van der Waals surface area contributed by atoms with Gasteiger partial charge >= 0.3 is 0 Å². The lowest BCUT2D eigenvalue weighted by atomic mass is 10.00. The summed E-state index contributed by atoms with van der Waals surface area (Å²) in [5.41, 5.74) is 3.68. The molecule has 0 N–H and O–H groups in total. The summed E-state index contributed by atoms with van der Waals surface area (Å²) in [6.07, 6.45) is 0. The molecule has 26 heavy (non-hydrogen) atoms. The molecular formula is C22H23N3O. The van der Waals surface area contributed by atoms with E-state index in [0.717, 1.165) is 41.8 Å². The molecule has 1 fully saturated rings. The third-order valence-electron chi connectivity index (χ3n) is 5.10. The Balaban J connectivity index is 1.77. The van der Waals surface area contributed by atoms with Crippen LogP contribution in [0.4, 0.5) is 0 Å². The van der Waals surface area contributed by atoms with Gasteiger partial charge in [0.25, 0.3) is 5.91 Å². The Hall–Kier alpha value is -2.72. The molecule has 4 heteroatoms. The summed E-state index contributed by atoms with van der Waals surface area (Å²) in [5.74, 6) is 0.0913. The molecule has 3 aromatic rings. The van der Waals surface area contributed by atoms with Gasteiger partial charge in [0.15, 0.2) is 0 Å². The van der Waals surface area contributed by atoms with Crippen molar-refractivity contribution >= 4 is 16.8 Å². The van der Waals surface area contributed by atoms with Crippen LogP contribution in [0.5, 0.6) is 0 Å². The molecule has 0 radical (unpaired) electrons. The summed E-state index contributed by atoms with van der Waals surface area (Å²) in [6, 6.07) is 20.2. The van der Waals surface area contributed by atoms with Crippen molar-refractivity contribution in [2.75, 3.05) is 26.7 Å². The summed E-state index contributed by atoms with van der Waals surface area (Å²) in [7, 11) is 2.11. The number of para-hydroxylation sites is 1. The first-order chi connectivity index (χ1) is 12.6. The molecule has 4 rings (SSSR count). The first kappa shape index (κ1) is 16.7. The maximum atomic E-state index is 13.5. The van der Waals surface area contributed by atoms with Gasteiger partial charge in [-0.2, -0.15) is 0 Å². The molecule has 1 saturated heterocycles. The summed E-state index contributed by atoms with van der Waals surface area (Å²) in [4.78, 5) is 22.4. The van der Waals surface area contributed by atoms with Crippen molar-refractivity contribution in [3.05, 3.63) is 77.5 Å². The number of hydrogen-bond donors (Lipinski definition) is 0. The normalized spacial score (nSPS) is 18.2. The molecule has 4 nitrogen and oxygen atoms in total. The fourth-order valence-electron chi connectivity index (χ4n) is 3.76. The Morgan fingerprint density at radius 3 is 2.58 bits per heavy atom. The van der Waals surface area contributed by atoms with Crippen molar-refractivity contribution in [2.24, 2.45) is 0 Å². The van der Waals surface area contributed by atoms with Crippen LogP contribution < -0.4 is 0 Å². The molecule has 1 aliphatic rings. The average Bonchev–Trinajstić information content (AvgIpc) is 2.67. The molecule has 0 aliphatic carbocycles. The molecule has 0 saturated carbocycles. The van der Waals surface area contributed by atoms with Crippen LogP contribution in [0, 0.1) is 6.92 Å². The Morgan fingerprint density at radius 1 is 1.04 bits per heavy atom. The highest BCUT2D eigenvalue weighted by atomic mass is 16.2. The quantitative estimate of drug-likeness (QED) is 0.711. The predicted octanol–water partition coefficient (Wildman–Crippen LogP) is 3.67. The van der Waals surface area contributed by atoms with E-state index in [4.69, 9.17) is 0 Å². The summed E-state index contributed by atoms with van der Waals surface area (Å²) < 4.78 is 0. The van der Waals surface area contributed by atoms with E-state index in [1.54, 1.807) is 0 Å². The predicted molar refractivity (Wildman–Crippen MR) is 104 cm³/mol. The van der Waals surface area contributed by atoms with Crippen LogP contribution in [0.15, 0.2) is 60.7 Å². The van der Waals surface area contributed by atoms with E-state index < -0.39 is 0 Å². The van der Waals surface area contributed by atoms with Gasteiger partial charge in [0, 0.05) is 30.7 Å². The lowest BCUT2D eigenvalue weighted by Crippen LogP contribution is -2.49. The fourth-order valence-corrected chi connectivity index (χ4v) is 3.76. The Kier molecular flexibility index (Phi) is 4.43. The number of hydrogen-bond acceptors (Lipinski definition) is 3. The van der Waals surface area contributed by atoms with Gasteiger partial charge in [0.2, 0.25) is 0 Å². The van der Waals surface area contributed by atoms with Crippen LogP contribution in [0.3, 0.4) is 0 Å². The average molecular weight is 345 g/mol. The minimum absolute atomic E-state index is 0.0645. The number of aromatic nitrogens is 1. The number of rotatable bonds is 2. The van der Waals surface area contributed by atoms with Crippen molar-refractivity contribution < 1.29 is 4.79 Å². The number of pyridine rings is 1. The van der Waals surface area contributed by atoms with Crippen LogP contribution >= 0.6 is 0 Å². The second-order valence-electron chi connectivity index (χ2n) is 7.02. The van der Waals surface area contributed by atoms with Crippen molar-refractivity contribution in [2.45, 2.75) is 13.0 Å². The third-order valence-corrected chi connectivity index (χ3v) is 5.10. The number of likely N-dealkylation sites (N-methyl/N-ethyl adjacent to an activating group) is 1. The van der Waals surface area contributed by atoms with Gasteiger partial charge in [-0.25, -0.2) is 0 Å². The van der Waals surface area contributed by atoms with Gasteiger partial charge in [0.1, 0.15) is 0 Å². The second-order valence-corrected chi connectivity index (χ2v) is 7.02. The second kappa shape index (κ2) is 6.89. The number of amides is 1. The minimum atomic E-state index is 0.0645. The number of benzene rings is 2. The summed E-state index contributed by atoms with van der Waals surface area (Å²) in [6.45, 7) is 4.40. The fraction of sp³-hybridized carbons (Fsp3) is 0.273. The molecule has 2 aromatic carbocycles. The maximum absolute atomic E-state index is 13.5. The van der Waals surface area contributed by atoms with Crippen LogP contribution in [0.2, 0.25) is 0 Å². The molecule has 1 aliphatic heterocycles. The van der Waals surface area contributed by atoms with Crippen molar-refractivity contribution in [1.82, 2.24) is 14.8 Å². The highest BCUT2D eigenvalue weighted by Crippen LogP contribution is 2.28. The van der Waals surface area contributed by atoms with Gasteiger partial charge in [-0.3, -0.25) is 9.78 Å². The zero-order chi connectivity index (χ0) is 18.1. The lowest BCUT2D eigenvalue weighted by Gasteiger charge is -2.40. The molecule has 0 spiro atoms. The molecule has 1 unspecified atom stereocenters. The van der Waals surface area contributed by atoms with Crippen LogP contribution in [0.1, 0.15) is 27.7 Å². The van der Waals surface area contributed by atoms with E-state index in [9.17, 15) is 4.79 Å².